The van der Waals surface area contributed by atoms with Crippen molar-refractivity contribution in [1.29, 1.82) is 0 Å². The molecule has 2 heterocycles. The second-order valence-corrected chi connectivity index (χ2v) is 7.17. The van der Waals surface area contributed by atoms with Crippen molar-refractivity contribution in [3.63, 3.8) is 0 Å². The van der Waals surface area contributed by atoms with Crippen LogP contribution in [-0.4, -0.2) is 23.9 Å². The molecule has 0 bridgehead atoms. The molecule has 2 aromatic carbocycles. The Balaban J connectivity index is 1.49. The minimum Gasteiger partial charge on any atom is -0.468 e. The Morgan fingerprint density at radius 3 is 2.59 bits per heavy atom. The fourth-order valence-corrected chi connectivity index (χ4v) is 3.69. The van der Waals surface area contributed by atoms with Crippen LogP contribution in [0.2, 0.25) is 5.02 Å². The van der Waals surface area contributed by atoms with Crippen LogP contribution >= 0.6 is 11.6 Å². The van der Waals surface area contributed by atoms with Gasteiger partial charge >= 0.3 is 0 Å². The number of furan rings is 1. The maximum Gasteiger partial charge on any atom is 0.251 e. The van der Waals surface area contributed by atoms with E-state index in [0.717, 1.165) is 25.3 Å². The number of amides is 1. The molecule has 1 aliphatic heterocycles. The zero-order valence-corrected chi connectivity index (χ0v) is 15.7. The zero-order chi connectivity index (χ0) is 18.6. The van der Waals surface area contributed by atoms with Gasteiger partial charge in [-0.15, -0.1) is 0 Å². The van der Waals surface area contributed by atoms with Crippen LogP contribution in [0, 0.1) is 0 Å². The van der Waals surface area contributed by atoms with Gasteiger partial charge in [-0.2, -0.15) is 0 Å². The highest BCUT2D eigenvalue weighted by Crippen LogP contribution is 2.28. The van der Waals surface area contributed by atoms with E-state index in [4.69, 9.17) is 16.0 Å². The largest absolute Gasteiger partial charge is 0.468 e. The van der Waals surface area contributed by atoms with Crippen molar-refractivity contribution in [2.24, 2.45) is 0 Å². The highest BCUT2D eigenvalue weighted by atomic mass is 35.5. The Morgan fingerprint density at radius 2 is 1.85 bits per heavy atom. The van der Waals surface area contributed by atoms with Crippen LogP contribution in [0.15, 0.2) is 71.3 Å². The van der Waals surface area contributed by atoms with E-state index in [1.807, 2.05) is 12.1 Å². The molecule has 0 unspecified atom stereocenters. The number of carbonyl (C=O) groups is 1. The summed E-state index contributed by atoms with van der Waals surface area (Å²) in [5.74, 6) is 0.756. The lowest BCUT2D eigenvalue weighted by Crippen LogP contribution is -2.40. The normalized spacial score (nSPS) is 15.1. The number of halogens is 1. The van der Waals surface area contributed by atoms with Gasteiger partial charge < -0.3 is 9.73 Å². The van der Waals surface area contributed by atoms with Crippen molar-refractivity contribution in [1.82, 2.24) is 10.2 Å². The third-order valence-corrected chi connectivity index (χ3v) is 5.29. The molecular formula is C22H21ClN2O2. The average Bonchev–Trinajstić information content (AvgIpc) is 3.23. The minimum absolute atomic E-state index is 0.00962. The molecular weight excluding hydrogens is 360 g/mol. The molecule has 0 saturated carbocycles. The second kappa shape index (κ2) is 7.99. The molecule has 138 valence electrons. The van der Waals surface area contributed by atoms with E-state index in [9.17, 15) is 4.79 Å². The highest BCUT2D eigenvalue weighted by molar-refractivity contribution is 6.30. The first-order valence-electron chi connectivity index (χ1n) is 9.09. The Kier molecular flexibility index (Phi) is 5.28. The average molecular weight is 381 g/mol. The number of rotatable bonds is 5. The van der Waals surface area contributed by atoms with E-state index in [1.54, 1.807) is 30.5 Å². The summed E-state index contributed by atoms with van der Waals surface area (Å²) in [6.07, 6.45) is 2.68. The first-order valence-corrected chi connectivity index (χ1v) is 9.46. The van der Waals surface area contributed by atoms with Gasteiger partial charge in [-0.1, -0.05) is 35.9 Å². The summed E-state index contributed by atoms with van der Waals surface area (Å²) in [6.45, 7) is 2.26. The number of nitrogens with zero attached hydrogens (tertiary/aromatic N) is 1. The van der Waals surface area contributed by atoms with E-state index in [2.05, 4.69) is 34.5 Å². The molecule has 1 N–H and O–H groups in total. The molecule has 0 radical (unpaired) electrons. The number of carbonyl (C=O) groups excluding carboxylic acids is 1. The maximum atomic E-state index is 12.5. The monoisotopic (exact) mass is 380 g/mol. The van der Waals surface area contributed by atoms with Crippen LogP contribution in [0.5, 0.6) is 0 Å². The smallest absolute Gasteiger partial charge is 0.251 e. The van der Waals surface area contributed by atoms with E-state index >= 15 is 0 Å². The molecule has 5 heteroatoms. The van der Waals surface area contributed by atoms with Crippen LogP contribution in [0.3, 0.4) is 0 Å². The summed E-state index contributed by atoms with van der Waals surface area (Å²) in [6, 6.07) is 19.3. The van der Waals surface area contributed by atoms with Gasteiger partial charge in [-0.3, -0.25) is 9.69 Å². The lowest BCUT2D eigenvalue weighted by molar-refractivity contribution is 0.0919. The van der Waals surface area contributed by atoms with Crippen LogP contribution in [0.1, 0.15) is 33.3 Å². The second-order valence-electron chi connectivity index (χ2n) is 6.74. The fraction of sp³-hybridized carbons (Fsp3) is 0.227. The molecule has 1 amide bonds. The van der Waals surface area contributed by atoms with Crippen molar-refractivity contribution in [3.8, 4) is 0 Å². The fourth-order valence-electron chi connectivity index (χ4n) is 3.57. The van der Waals surface area contributed by atoms with Crippen LogP contribution in [0.25, 0.3) is 0 Å². The Labute approximate surface area is 163 Å². The number of hydrogen-bond donors (Lipinski definition) is 1. The molecule has 3 aromatic rings. The summed E-state index contributed by atoms with van der Waals surface area (Å²) in [4.78, 5) is 14.9. The molecule has 1 aliphatic rings. The Hall–Kier alpha value is -2.56. The van der Waals surface area contributed by atoms with Gasteiger partial charge in [0.25, 0.3) is 5.91 Å². The van der Waals surface area contributed by atoms with Crippen LogP contribution < -0.4 is 5.32 Å². The van der Waals surface area contributed by atoms with Crippen LogP contribution in [-0.2, 0) is 13.0 Å². The van der Waals surface area contributed by atoms with E-state index < -0.39 is 0 Å². The van der Waals surface area contributed by atoms with Gasteiger partial charge in [-0.25, -0.2) is 0 Å². The molecule has 1 aromatic heterocycles. The predicted octanol–water partition coefficient (Wildman–Crippen LogP) is 4.46. The van der Waals surface area contributed by atoms with Gasteiger partial charge in [0.2, 0.25) is 0 Å². The standard InChI is InChI=1S/C22H21ClN2O2/c23-19-9-7-17(8-10-19)22(26)24-14-20(21-6-3-13-27-21)25-12-11-16-4-1-2-5-18(16)15-25/h1-10,13,20H,11-12,14-15H2,(H,24,26)/t20-/m0/s1. The summed E-state index contributed by atoms with van der Waals surface area (Å²) in [5, 5.41) is 3.66. The first-order chi connectivity index (χ1) is 13.2. The van der Waals surface area contributed by atoms with Gasteiger partial charge in [0, 0.05) is 30.2 Å². The number of fused-ring (bicyclic) bond motifs is 1. The van der Waals surface area contributed by atoms with Crippen molar-refractivity contribution < 1.29 is 9.21 Å². The predicted molar refractivity (Wildman–Crippen MR) is 106 cm³/mol. The number of benzene rings is 2. The van der Waals surface area contributed by atoms with E-state index in [0.29, 0.717) is 17.1 Å². The molecule has 0 aliphatic carbocycles. The highest BCUT2D eigenvalue weighted by Gasteiger charge is 2.27. The van der Waals surface area contributed by atoms with Crippen LogP contribution in [0.4, 0.5) is 0 Å². The number of hydrogen-bond acceptors (Lipinski definition) is 3. The Bertz CT molecular complexity index is 906. The maximum absolute atomic E-state index is 12.5. The van der Waals surface area contributed by atoms with Gasteiger partial charge in [0.1, 0.15) is 5.76 Å². The quantitative estimate of drug-likeness (QED) is 0.710. The van der Waals surface area contributed by atoms with E-state index in [-0.39, 0.29) is 11.9 Å². The van der Waals surface area contributed by atoms with Gasteiger partial charge in [0.15, 0.2) is 0 Å². The summed E-state index contributed by atoms with van der Waals surface area (Å²) >= 11 is 5.90. The topological polar surface area (TPSA) is 45.5 Å². The molecule has 4 nitrogen and oxygen atoms in total. The van der Waals surface area contributed by atoms with Crippen molar-refractivity contribution in [3.05, 3.63) is 94.4 Å². The van der Waals surface area contributed by atoms with Crippen molar-refractivity contribution in [2.75, 3.05) is 13.1 Å². The zero-order valence-electron chi connectivity index (χ0n) is 14.9. The molecule has 0 fully saturated rings. The Morgan fingerprint density at radius 1 is 1.07 bits per heavy atom. The summed E-state index contributed by atoms with van der Waals surface area (Å²) < 4.78 is 5.68. The molecule has 0 spiro atoms. The summed E-state index contributed by atoms with van der Waals surface area (Å²) in [5.41, 5.74) is 3.34. The summed E-state index contributed by atoms with van der Waals surface area (Å²) in [7, 11) is 0. The van der Waals surface area contributed by atoms with Crippen molar-refractivity contribution >= 4 is 17.5 Å². The van der Waals surface area contributed by atoms with Crippen molar-refractivity contribution in [2.45, 2.75) is 19.0 Å². The molecule has 4 rings (SSSR count). The third kappa shape index (κ3) is 4.07. The van der Waals surface area contributed by atoms with Gasteiger partial charge in [0.05, 0.1) is 12.3 Å². The number of nitrogens with one attached hydrogen (secondary N) is 1. The molecule has 27 heavy (non-hydrogen) atoms. The SMILES string of the molecule is O=C(NC[C@@H](c1ccco1)N1CCc2ccccc2C1)c1ccc(Cl)cc1. The minimum atomic E-state index is -0.111. The van der Waals surface area contributed by atoms with Gasteiger partial charge in [-0.05, 0) is 53.9 Å². The first kappa shape index (κ1) is 17.8. The molecule has 1 atom stereocenters. The molecule has 0 saturated heterocycles. The third-order valence-electron chi connectivity index (χ3n) is 5.03. The lowest BCUT2D eigenvalue weighted by Gasteiger charge is -2.34. The van der Waals surface area contributed by atoms with E-state index in [1.165, 1.54) is 11.1 Å². The lowest BCUT2D eigenvalue weighted by atomic mass is 9.98.